The number of imidazole rings is 2. The Kier molecular flexibility index (Phi) is 18.5. The number of carbonyl (C=O) groups is 6. The highest BCUT2D eigenvalue weighted by Gasteiger charge is 2.34. The molecule has 2 saturated heterocycles. The summed E-state index contributed by atoms with van der Waals surface area (Å²) in [5, 5.41) is 8.43. The lowest BCUT2D eigenvalue weighted by Gasteiger charge is -2.34. The molecule has 0 bridgehead atoms. The summed E-state index contributed by atoms with van der Waals surface area (Å²) >= 11 is 4.96. The summed E-state index contributed by atoms with van der Waals surface area (Å²) in [6.07, 6.45) is 11.6. The Morgan fingerprint density at radius 2 is 1.11 bits per heavy atom. The molecule has 2 fully saturated rings. The van der Waals surface area contributed by atoms with Gasteiger partial charge in [0.15, 0.2) is 17.2 Å². The molecule has 6 heterocycles. The number of nitrogens with one attached hydrogen (secondary N) is 3. The quantitative estimate of drug-likeness (QED) is 0.0388. The van der Waals surface area contributed by atoms with Crippen LogP contribution >= 0.6 is 11.6 Å². The molecule has 2 aliphatic heterocycles. The van der Waals surface area contributed by atoms with E-state index in [1.54, 1.807) is 108 Å². The molecule has 0 radical (unpaired) electrons. The number of benzene rings is 2. The van der Waals surface area contributed by atoms with Crippen LogP contribution in [-0.4, -0.2) is 82.1 Å². The van der Waals surface area contributed by atoms with Gasteiger partial charge < -0.3 is 44.0 Å². The topological polar surface area (TPSA) is 307 Å². The number of aromatic nitrogens is 6. The number of pyridine rings is 2. The number of allylic oxidation sites excluding steroid dienone is 3. The Labute approximate surface area is 427 Å². The minimum atomic E-state index is -0.735. The number of hydrogen-bond donors (Lipinski definition) is 7. The summed E-state index contributed by atoms with van der Waals surface area (Å²) in [4.78, 5) is 91.5. The number of likely N-dealkylation sites (tertiary alicyclic amines) is 1. The number of nitrogen functional groups attached to an aromatic ring is 2. The zero-order chi connectivity index (χ0) is 52.8. The van der Waals surface area contributed by atoms with Gasteiger partial charge in [0, 0.05) is 47.3 Å². The maximum absolute atomic E-state index is 12.9. The van der Waals surface area contributed by atoms with Crippen LogP contribution in [0.15, 0.2) is 121 Å². The number of halogens is 1. The lowest BCUT2D eigenvalue weighted by atomic mass is 10.0. The molecular weight excluding hydrogens is 952 g/mol. The van der Waals surface area contributed by atoms with Crippen molar-refractivity contribution in [1.82, 2.24) is 39.5 Å². The molecule has 11 N–H and O–H groups in total. The first kappa shape index (κ1) is 53.9. The number of anilines is 2. The van der Waals surface area contributed by atoms with E-state index >= 15 is 0 Å². The van der Waals surface area contributed by atoms with Crippen molar-refractivity contribution in [3.8, 4) is 22.5 Å². The first-order chi connectivity index (χ1) is 34.9. The summed E-state index contributed by atoms with van der Waals surface area (Å²) < 4.78 is 2.47. The number of hydrogen-bond acceptors (Lipinski definition) is 13. The predicted molar refractivity (Wildman–Crippen MR) is 280 cm³/mol. The minimum Gasteiger partial charge on any atom is -0.364 e. The van der Waals surface area contributed by atoms with Gasteiger partial charge >= 0.3 is 0 Å². The molecule has 2 aliphatic rings. The van der Waals surface area contributed by atoms with E-state index in [0.717, 1.165) is 49.8 Å². The van der Waals surface area contributed by atoms with Gasteiger partial charge in [-0.2, -0.15) is 0 Å². The summed E-state index contributed by atoms with van der Waals surface area (Å²) in [5.74, 6) is 12.3. The second kappa shape index (κ2) is 25.1. The minimum absolute atomic E-state index is 0.0287. The predicted octanol–water partition coefficient (Wildman–Crippen LogP) is 6.57. The van der Waals surface area contributed by atoms with Crippen molar-refractivity contribution in [3.63, 3.8) is 0 Å². The average Bonchev–Trinajstić information content (AvgIpc) is 3.91. The summed E-state index contributed by atoms with van der Waals surface area (Å²) in [6.45, 7) is 8.81. The van der Waals surface area contributed by atoms with Crippen LogP contribution in [0.2, 0.25) is 0 Å². The van der Waals surface area contributed by atoms with Gasteiger partial charge in [0.05, 0.1) is 12.1 Å². The van der Waals surface area contributed by atoms with E-state index in [2.05, 4.69) is 30.9 Å². The van der Waals surface area contributed by atoms with E-state index in [9.17, 15) is 28.8 Å². The lowest BCUT2D eigenvalue weighted by Crippen LogP contribution is -2.40. The van der Waals surface area contributed by atoms with Crippen molar-refractivity contribution in [2.24, 2.45) is 11.5 Å². The van der Waals surface area contributed by atoms with E-state index in [1.165, 1.54) is 15.4 Å². The summed E-state index contributed by atoms with van der Waals surface area (Å²) in [6, 6.07) is 23.5. The highest BCUT2D eigenvalue weighted by Crippen LogP contribution is 2.34. The van der Waals surface area contributed by atoms with Crippen molar-refractivity contribution in [2.45, 2.75) is 78.3 Å². The normalized spacial score (nSPS) is 14.9. The Bertz CT molecular complexity index is 2990. The average molecular weight is 1010 g/mol. The van der Waals surface area contributed by atoms with Gasteiger partial charge in [-0.15, -0.1) is 0 Å². The number of primary amides is 2. The molecule has 20 nitrogen and oxygen atoms in total. The second-order valence-corrected chi connectivity index (χ2v) is 18.0. The Hall–Kier alpha value is -8.49. The Morgan fingerprint density at radius 3 is 1.52 bits per heavy atom. The van der Waals surface area contributed by atoms with E-state index < -0.39 is 17.1 Å². The number of carbonyl (C=O) groups excluding carboxylic acids is 6. The molecular formula is C52H59ClN14O6. The molecule has 73 heavy (non-hydrogen) atoms. The van der Waals surface area contributed by atoms with Crippen LogP contribution in [0, 0.1) is 0 Å². The molecule has 4 aromatic heterocycles. The van der Waals surface area contributed by atoms with Crippen LogP contribution in [0.1, 0.15) is 132 Å². The standard InChI is InChI=1S/C26H29N7O3.C21H23N7O2.C5H7ClO/c1-16(2)15-21(34)32-14-6-4-7-19(32)25-31-22(23(24(27)35)33(25)28)17-9-11-18(12-10-17)26(36)30-20-8-3-5-13-29-20;22-19(29)18-17(27-20(28(18)23)15-5-1-3-11-24-15)13-7-9-14(10-8-13)21(30)26-16-6-2-4-12-25-16;1-4(2)3-5(6)7/h3,5,8-13,15,19H,4,6-7,14,28H2,1-2H3,(H2,27,35)(H,29,30,36);2,4,6-10,12,15,24H,1,3,5,11,23H2,(H2,22,29)(H,25,26,30);3H,1-2H3/t19-;15-;/m00./s1. The molecule has 2 atom stereocenters. The van der Waals surface area contributed by atoms with Gasteiger partial charge in [-0.3, -0.25) is 28.8 Å². The van der Waals surface area contributed by atoms with Crippen molar-refractivity contribution in [3.05, 3.63) is 155 Å². The van der Waals surface area contributed by atoms with Gasteiger partial charge in [-0.25, -0.2) is 29.3 Å². The highest BCUT2D eigenvalue weighted by molar-refractivity contribution is 6.66. The fraction of sp³-hybridized carbons (Fsp3) is 0.269. The third kappa shape index (κ3) is 14.1. The van der Waals surface area contributed by atoms with Crippen LogP contribution in [-0.2, 0) is 9.59 Å². The summed E-state index contributed by atoms with van der Waals surface area (Å²) in [5.41, 5.74) is 16.1. The van der Waals surface area contributed by atoms with E-state index in [0.29, 0.717) is 69.9 Å². The third-order valence-electron chi connectivity index (χ3n) is 11.5. The number of nitrogens with zero attached hydrogens (tertiary/aromatic N) is 7. The van der Waals surface area contributed by atoms with Crippen molar-refractivity contribution < 1.29 is 28.8 Å². The molecule has 0 spiro atoms. The molecule has 0 aliphatic carbocycles. The second-order valence-electron chi connectivity index (χ2n) is 17.6. The first-order valence-corrected chi connectivity index (χ1v) is 23.8. The lowest BCUT2D eigenvalue weighted by molar-refractivity contribution is -0.130. The zero-order valence-corrected chi connectivity index (χ0v) is 41.7. The maximum atomic E-state index is 12.9. The number of nitrogens with two attached hydrogens (primary N) is 4. The zero-order valence-electron chi connectivity index (χ0n) is 41.0. The molecule has 6 aromatic rings. The number of amides is 5. The van der Waals surface area contributed by atoms with Crippen LogP contribution in [0.3, 0.4) is 0 Å². The summed E-state index contributed by atoms with van der Waals surface area (Å²) in [7, 11) is 0. The molecule has 21 heteroatoms. The fourth-order valence-electron chi connectivity index (χ4n) is 8.16. The monoisotopic (exact) mass is 1010 g/mol. The van der Waals surface area contributed by atoms with E-state index in [4.69, 9.17) is 39.7 Å². The van der Waals surface area contributed by atoms with E-state index in [-0.39, 0.29) is 41.2 Å². The number of piperidine rings is 2. The molecule has 5 amide bonds. The van der Waals surface area contributed by atoms with Crippen molar-refractivity contribution in [1.29, 1.82) is 0 Å². The molecule has 8 rings (SSSR count). The molecule has 2 aromatic carbocycles. The Balaban J connectivity index is 0.000000213. The molecule has 380 valence electrons. The third-order valence-corrected chi connectivity index (χ3v) is 11.6. The highest BCUT2D eigenvalue weighted by atomic mass is 35.5. The van der Waals surface area contributed by atoms with Gasteiger partial charge in [-0.1, -0.05) is 54.0 Å². The van der Waals surface area contributed by atoms with Crippen LogP contribution in [0.25, 0.3) is 22.5 Å². The van der Waals surface area contributed by atoms with Gasteiger partial charge in [0.2, 0.25) is 11.1 Å². The van der Waals surface area contributed by atoms with Gasteiger partial charge in [0.1, 0.15) is 28.8 Å². The smallest absolute Gasteiger partial charge is 0.269 e. The first-order valence-electron chi connectivity index (χ1n) is 23.5. The number of rotatable bonds is 12. The largest absolute Gasteiger partial charge is 0.364 e. The van der Waals surface area contributed by atoms with Crippen molar-refractivity contribution in [2.75, 3.05) is 35.4 Å². The van der Waals surface area contributed by atoms with Crippen LogP contribution in [0.5, 0.6) is 0 Å². The van der Waals surface area contributed by atoms with Gasteiger partial charge in [-0.05, 0) is 133 Å². The van der Waals surface area contributed by atoms with E-state index in [1.807, 2.05) is 27.7 Å². The SMILES string of the molecule is CC(C)=CC(=O)Cl.CC(C)=CC(=O)N1CCCC[C@H]1c1nc(-c2ccc(C(=O)Nc3ccccn3)cc2)c(C(N)=O)n1N.NC(=O)c1c(-c2ccc(C(=O)Nc3ccccn3)cc2)nc([C@@H]2CCCCN2)n1N. The van der Waals surface area contributed by atoms with Crippen LogP contribution in [0.4, 0.5) is 11.6 Å². The fourth-order valence-corrected chi connectivity index (χ4v) is 8.37. The molecule has 0 unspecified atom stereocenters. The maximum Gasteiger partial charge on any atom is 0.269 e. The van der Waals surface area contributed by atoms with Crippen LogP contribution < -0.4 is 39.1 Å². The Morgan fingerprint density at radius 1 is 0.630 bits per heavy atom. The molecule has 0 saturated carbocycles. The van der Waals surface area contributed by atoms with Gasteiger partial charge in [0.25, 0.3) is 23.6 Å². The van der Waals surface area contributed by atoms with Crippen molar-refractivity contribution >= 4 is 58.0 Å².